The third kappa shape index (κ3) is 10.4. The average Bonchev–Trinajstić information content (AvgIpc) is 2.64. The van der Waals surface area contributed by atoms with Crippen molar-refractivity contribution in [3.8, 4) is 0 Å². The van der Waals surface area contributed by atoms with Gasteiger partial charge < -0.3 is 10.1 Å². The molecule has 1 aromatic rings. The standard InChI is InChI=1S/C22H33NO2/c1-3-5-6-7-8-12-18-25-22(24)21(16-13-17-23-4-2)19-20-14-10-9-11-15-20/h9-11,13-17,23H,3-8,12,18-19H2,1-2H3. The summed E-state index contributed by atoms with van der Waals surface area (Å²) in [6.45, 7) is 5.62. The van der Waals surface area contributed by atoms with Crippen LogP contribution in [-0.2, 0) is 16.0 Å². The van der Waals surface area contributed by atoms with Crippen molar-refractivity contribution in [3.63, 3.8) is 0 Å². The molecule has 3 heteroatoms. The van der Waals surface area contributed by atoms with Crippen LogP contribution in [0.5, 0.6) is 0 Å². The van der Waals surface area contributed by atoms with Crippen LogP contribution in [-0.4, -0.2) is 19.1 Å². The van der Waals surface area contributed by atoms with Crippen LogP contribution in [0.4, 0.5) is 0 Å². The number of allylic oxidation sites excluding steroid dienone is 2. The summed E-state index contributed by atoms with van der Waals surface area (Å²) in [6, 6.07) is 10.0. The van der Waals surface area contributed by atoms with Gasteiger partial charge in [-0.15, -0.1) is 0 Å². The van der Waals surface area contributed by atoms with Gasteiger partial charge in [0.15, 0.2) is 0 Å². The zero-order valence-electron chi connectivity index (χ0n) is 15.8. The number of unbranched alkanes of at least 4 members (excludes halogenated alkanes) is 5. The molecule has 0 aliphatic heterocycles. The summed E-state index contributed by atoms with van der Waals surface area (Å²) in [5.74, 6) is -0.210. The fourth-order valence-electron chi connectivity index (χ4n) is 2.51. The monoisotopic (exact) mass is 343 g/mol. The Labute approximate surface area is 153 Å². The van der Waals surface area contributed by atoms with Crippen molar-refractivity contribution < 1.29 is 9.53 Å². The van der Waals surface area contributed by atoms with Crippen LogP contribution >= 0.6 is 0 Å². The predicted molar refractivity (Wildman–Crippen MR) is 105 cm³/mol. The number of carbonyl (C=O) groups is 1. The molecule has 0 radical (unpaired) electrons. The van der Waals surface area contributed by atoms with Gasteiger partial charge >= 0.3 is 5.97 Å². The van der Waals surface area contributed by atoms with E-state index in [1.807, 2.05) is 55.6 Å². The lowest BCUT2D eigenvalue weighted by Crippen LogP contribution is -2.11. The van der Waals surface area contributed by atoms with Crippen LogP contribution < -0.4 is 5.32 Å². The fourth-order valence-corrected chi connectivity index (χ4v) is 2.51. The van der Waals surface area contributed by atoms with E-state index in [1.54, 1.807) is 0 Å². The van der Waals surface area contributed by atoms with Crippen LogP contribution in [0.3, 0.4) is 0 Å². The number of carbonyl (C=O) groups excluding carboxylic acids is 1. The zero-order valence-corrected chi connectivity index (χ0v) is 15.8. The highest BCUT2D eigenvalue weighted by molar-refractivity contribution is 5.89. The summed E-state index contributed by atoms with van der Waals surface area (Å²) in [6.07, 6.45) is 13.3. The molecule has 0 spiro atoms. The van der Waals surface area contributed by atoms with E-state index in [0.717, 1.165) is 24.9 Å². The molecule has 0 heterocycles. The maximum Gasteiger partial charge on any atom is 0.334 e. The lowest BCUT2D eigenvalue weighted by Gasteiger charge is -2.08. The lowest BCUT2D eigenvalue weighted by molar-refractivity contribution is -0.139. The molecule has 0 aliphatic carbocycles. The van der Waals surface area contributed by atoms with E-state index in [1.165, 1.54) is 25.7 Å². The minimum absolute atomic E-state index is 0.210. The Bertz CT molecular complexity index is 520. The Balaban J connectivity index is 2.48. The number of ether oxygens (including phenoxy) is 1. The topological polar surface area (TPSA) is 38.3 Å². The molecule has 0 unspecified atom stereocenters. The Morgan fingerprint density at radius 2 is 1.76 bits per heavy atom. The molecule has 0 saturated heterocycles. The van der Waals surface area contributed by atoms with Crippen LogP contribution in [0.2, 0.25) is 0 Å². The highest BCUT2D eigenvalue weighted by atomic mass is 16.5. The molecule has 138 valence electrons. The van der Waals surface area contributed by atoms with Gasteiger partial charge in [-0.05, 0) is 31.2 Å². The van der Waals surface area contributed by atoms with Gasteiger partial charge in [-0.25, -0.2) is 4.79 Å². The summed E-state index contributed by atoms with van der Waals surface area (Å²) >= 11 is 0. The van der Waals surface area contributed by atoms with Crippen molar-refractivity contribution in [2.24, 2.45) is 0 Å². The normalized spacial score (nSPS) is 11.7. The number of esters is 1. The second-order valence-electron chi connectivity index (χ2n) is 6.17. The van der Waals surface area contributed by atoms with Crippen molar-refractivity contribution >= 4 is 5.97 Å². The predicted octanol–water partition coefficient (Wildman–Crippen LogP) is 5.18. The molecule has 0 aliphatic rings. The average molecular weight is 344 g/mol. The van der Waals surface area contributed by atoms with Gasteiger partial charge in [0.1, 0.15) is 0 Å². The first-order valence-electron chi connectivity index (χ1n) is 9.58. The van der Waals surface area contributed by atoms with Crippen molar-refractivity contribution in [2.75, 3.05) is 13.2 Å². The minimum atomic E-state index is -0.210. The van der Waals surface area contributed by atoms with Crippen LogP contribution in [0.15, 0.2) is 54.3 Å². The van der Waals surface area contributed by atoms with E-state index in [9.17, 15) is 4.79 Å². The van der Waals surface area contributed by atoms with Crippen LogP contribution in [0.1, 0.15) is 57.9 Å². The molecule has 25 heavy (non-hydrogen) atoms. The van der Waals surface area contributed by atoms with E-state index in [0.29, 0.717) is 18.6 Å². The molecule has 1 rings (SSSR count). The Morgan fingerprint density at radius 1 is 1.04 bits per heavy atom. The first-order chi connectivity index (χ1) is 12.3. The number of benzene rings is 1. The van der Waals surface area contributed by atoms with Gasteiger partial charge in [-0.1, -0.05) is 75.4 Å². The summed E-state index contributed by atoms with van der Waals surface area (Å²) < 4.78 is 5.48. The number of rotatable bonds is 13. The van der Waals surface area contributed by atoms with E-state index in [2.05, 4.69) is 12.2 Å². The Hall–Kier alpha value is -2.03. The van der Waals surface area contributed by atoms with Gasteiger partial charge in [0.05, 0.1) is 6.61 Å². The van der Waals surface area contributed by atoms with Gasteiger partial charge in [-0.3, -0.25) is 0 Å². The molecule has 0 aromatic heterocycles. The molecule has 0 atom stereocenters. The fraction of sp³-hybridized carbons (Fsp3) is 0.500. The highest BCUT2D eigenvalue weighted by Gasteiger charge is 2.11. The van der Waals surface area contributed by atoms with Crippen LogP contribution in [0, 0.1) is 0 Å². The largest absolute Gasteiger partial charge is 0.462 e. The third-order valence-electron chi connectivity index (χ3n) is 3.95. The number of hydrogen-bond donors (Lipinski definition) is 1. The first kappa shape index (κ1) is 21.0. The molecule has 0 bridgehead atoms. The maximum absolute atomic E-state index is 12.4. The quantitative estimate of drug-likeness (QED) is 0.232. The summed E-state index contributed by atoms with van der Waals surface area (Å²) in [7, 11) is 0. The van der Waals surface area contributed by atoms with Crippen molar-refractivity contribution in [1.29, 1.82) is 0 Å². The zero-order chi connectivity index (χ0) is 18.2. The van der Waals surface area contributed by atoms with Crippen molar-refractivity contribution in [3.05, 3.63) is 59.8 Å². The summed E-state index contributed by atoms with van der Waals surface area (Å²) in [5.41, 5.74) is 1.80. The number of nitrogens with one attached hydrogen (secondary N) is 1. The molecule has 3 nitrogen and oxygen atoms in total. The Kier molecular flexibility index (Phi) is 12.0. The smallest absolute Gasteiger partial charge is 0.334 e. The van der Waals surface area contributed by atoms with Gasteiger partial charge in [0.2, 0.25) is 0 Å². The van der Waals surface area contributed by atoms with E-state index >= 15 is 0 Å². The Morgan fingerprint density at radius 3 is 2.48 bits per heavy atom. The van der Waals surface area contributed by atoms with Gasteiger partial charge in [0.25, 0.3) is 0 Å². The molecule has 1 aromatic carbocycles. The molecular weight excluding hydrogens is 310 g/mol. The van der Waals surface area contributed by atoms with Gasteiger partial charge in [-0.2, -0.15) is 0 Å². The van der Waals surface area contributed by atoms with Crippen LogP contribution in [0.25, 0.3) is 0 Å². The number of hydrogen-bond acceptors (Lipinski definition) is 3. The van der Waals surface area contributed by atoms with Gasteiger partial charge in [0, 0.05) is 18.5 Å². The van der Waals surface area contributed by atoms with E-state index in [4.69, 9.17) is 4.74 Å². The third-order valence-corrected chi connectivity index (χ3v) is 3.95. The van der Waals surface area contributed by atoms with Crippen molar-refractivity contribution in [1.82, 2.24) is 5.32 Å². The molecule has 1 N–H and O–H groups in total. The molecule has 0 saturated carbocycles. The highest BCUT2D eigenvalue weighted by Crippen LogP contribution is 2.11. The summed E-state index contributed by atoms with van der Waals surface area (Å²) in [4.78, 5) is 12.4. The van der Waals surface area contributed by atoms with E-state index < -0.39 is 0 Å². The summed E-state index contributed by atoms with van der Waals surface area (Å²) in [5, 5.41) is 3.11. The second kappa shape index (κ2) is 14.3. The second-order valence-corrected chi connectivity index (χ2v) is 6.17. The minimum Gasteiger partial charge on any atom is -0.462 e. The molecule has 0 amide bonds. The lowest BCUT2D eigenvalue weighted by atomic mass is 10.0. The molecular formula is C22H33NO2. The maximum atomic E-state index is 12.4. The molecule has 0 fully saturated rings. The van der Waals surface area contributed by atoms with E-state index in [-0.39, 0.29) is 5.97 Å². The SMILES string of the molecule is CCCCCCCCOC(=O)C(=CC=CNCC)Cc1ccccc1. The van der Waals surface area contributed by atoms with Crippen molar-refractivity contribution in [2.45, 2.75) is 58.8 Å². The first-order valence-corrected chi connectivity index (χ1v) is 9.58.